The molecule has 7 heteroatoms. The number of carbonyl (C=O) groups is 2. The number of methoxy groups -OCH3 is 1. The van der Waals surface area contributed by atoms with Gasteiger partial charge in [-0.2, -0.15) is 0 Å². The number of ether oxygens (including phenoxy) is 1. The predicted octanol–water partition coefficient (Wildman–Crippen LogP) is 1.46. The SMILES string of the molecule is COc1cccc(N2CC(NC(=O)N3CC(C)C(C)(CO)C3)CC2=O)c1. The molecule has 1 aromatic rings. The first-order valence-corrected chi connectivity index (χ1v) is 8.97. The largest absolute Gasteiger partial charge is 0.497 e. The van der Waals surface area contributed by atoms with Crippen molar-refractivity contribution in [2.45, 2.75) is 26.3 Å². The topological polar surface area (TPSA) is 82.1 Å². The standard InChI is InChI=1S/C19H27N3O4/c1-13-9-21(11-19(13,2)12-23)18(25)20-14-7-17(24)22(10-14)15-5-4-6-16(8-15)26-3/h4-6,8,13-14,23H,7,9-12H2,1-3H3,(H,20,25). The van der Waals surface area contributed by atoms with Gasteiger partial charge in [-0.1, -0.05) is 19.9 Å². The van der Waals surface area contributed by atoms with Gasteiger partial charge in [0.15, 0.2) is 0 Å². The van der Waals surface area contributed by atoms with Crippen LogP contribution in [0.2, 0.25) is 0 Å². The summed E-state index contributed by atoms with van der Waals surface area (Å²) in [6.45, 7) is 5.68. The summed E-state index contributed by atoms with van der Waals surface area (Å²) in [5, 5.41) is 12.6. The number of aliphatic hydroxyl groups excluding tert-OH is 1. The van der Waals surface area contributed by atoms with Crippen LogP contribution in [-0.2, 0) is 4.79 Å². The second kappa shape index (κ2) is 7.15. The number of anilines is 1. The van der Waals surface area contributed by atoms with Crippen LogP contribution in [-0.4, -0.2) is 61.3 Å². The van der Waals surface area contributed by atoms with Crippen molar-refractivity contribution in [3.05, 3.63) is 24.3 Å². The number of urea groups is 1. The minimum atomic E-state index is -0.268. The Bertz CT molecular complexity index is 695. The molecule has 1 aromatic carbocycles. The Morgan fingerprint density at radius 2 is 2.19 bits per heavy atom. The molecule has 3 amide bonds. The van der Waals surface area contributed by atoms with Gasteiger partial charge in [0.05, 0.1) is 19.8 Å². The van der Waals surface area contributed by atoms with E-state index >= 15 is 0 Å². The molecule has 26 heavy (non-hydrogen) atoms. The molecule has 0 saturated carbocycles. The van der Waals surface area contributed by atoms with Gasteiger partial charge in [0, 0.05) is 43.2 Å². The number of carbonyl (C=O) groups excluding carboxylic acids is 2. The van der Waals surface area contributed by atoms with Gasteiger partial charge in [0.25, 0.3) is 0 Å². The fourth-order valence-electron chi connectivity index (χ4n) is 3.67. The number of nitrogens with one attached hydrogen (secondary N) is 1. The Kier molecular flexibility index (Phi) is 5.09. The number of benzene rings is 1. The van der Waals surface area contributed by atoms with Gasteiger partial charge in [-0.05, 0) is 18.1 Å². The van der Waals surface area contributed by atoms with E-state index in [0.29, 0.717) is 25.4 Å². The van der Waals surface area contributed by atoms with Crippen LogP contribution in [0.5, 0.6) is 5.75 Å². The highest BCUT2D eigenvalue weighted by Gasteiger charge is 2.42. The first-order valence-electron chi connectivity index (χ1n) is 8.97. The molecule has 7 nitrogen and oxygen atoms in total. The van der Waals surface area contributed by atoms with Crippen LogP contribution < -0.4 is 15.0 Å². The third-order valence-electron chi connectivity index (χ3n) is 5.70. The second-order valence-electron chi connectivity index (χ2n) is 7.65. The van der Waals surface area contributed by atoms with Gasteiger partial charge in [-0.15, -0.1) is 0 Å². The molecule has 0 aromatic heterocycles. The van der Waals surface area contributed by atoms with Crippen LogP contribution >= 0.6 is 0 Å². The van der Waals surface area contributed by atoms with E-state index in [4.69, 9.17) is 4.74 Å². The molecule has 2 aliphatic rings. The van der Waals surface area contributed by atoms with Crippen molar-refractivity contribution in [2.24, 2.45) is 11.3 Å². The lowest BCUT2D eigenvalue weighted by atomic mass is 9.82. The van der Waals surface area contributed by atoms with Gasteiger partial charge in [-0.25, -0.2) is 4.79 Å². The van der Waals surface area contributed by atoms with Crippen LogP contribution in [0.15, 0.2) is 24.3 Å². The maximum atomic E-state index is 12.6. The number of aliphatic hydroxyl groups is 1. The smallest absolute Gasteiger partial charge is 0.317 e. The highest BCUT2D eigenvalue weighted by Crippen LogP contribution is 2.35. The Morgan fingerprint density at radius 1 is 1.42 bits per heavy atom. The van der Waals surface area contributed by atoms with Crippen LogP contribution in [0.25, 0.3) is 0 Å². The fourth-order valence-corrected chi connectivity index (χ4v) is 3.67. The molecule has 0 radical (unpaired) electrons. The molecule has 2 aliphatic heterocycles. The Labute approximate surface area is 153 Å². The first-order chi connectivity index (χ1) is 12.4. The summed E-state index contributed by atoms with van der Waals surface area (Å²) in [5.41, 5.74) is 0.504. The summed E-state index contributed by atoms with van der Waals surface area (Å²) in [7, 11) is 1.59. The Balaban J connectivity index is 1.62. The van der Waals surface area contributed by atoms with Crippen LogP contribution in [0, 0.1) is 11.3 Å². The van der Waals surface area contributed by atoms with Gasteiger partial charge in [-0.3, -0.25) is 4.79 Å². The highest BCUT2D eigenvalue weighted by atomic mass is 16.5. The number of hydrogen-bond acceptors (Lipinski definition) is 4. The van der Waals surface area contributed by atoms with Gasteiger partial charge >= 0.3 is 6.03 Å². The van der Waals surface area contributed by atoms with E-state index in [1.165, 1.54) is 0 Å². The van der Waals surface area contributed by atoms with Crippen molar-refractivity contribution in [3.63, 3.8) is 0 Å². The maximum Gasteiger partial charge on any atom is 0.317 e. The Hall–Kier alpha value is -2.28. The van der Waals surface area contributed by atoms with Crippen molar-refractivity contribution < 1.29 is 19.4 Å². The van der Waals surface area contributed by atoms with Crippen molar-refractivity contribution >= 4 is 17.6 Å². The molecular formula is C19H27N3O4. The van der Waals surface area contributed by atoms with Gasteiger partial charge in [0.2, 0.25) is 5.91 Å². The summed E-state index contributed by atoms with van der Waals surface area (Å²) < 4.78 is 5.21. The number of likely N-dealkylation sites (tertiary alicyclic amines) is 1. The fraction of sp³-hybridized carbons (Fsp3) is 0.579. The van der Waals surface area contributed by atoms with Crippen LogP contribution in [0.3, 0.4) is 0 Å². The van der Waals surface area contributed by atoms with Crippen LogP contribution in [0.4, 0.5) is 10.5 Å². The average molecular weight is 361 g/mol. The van der Waals surface area contributed by atoms with E-state index in [1.54, 1.807) is 16.9 Å². The number of rotatable bonds is 4. The summed E-state index contributed by atoms with van der Waals surface area (Å²) in [4.78, 5) is 28.4. The third kappa shape index (κ3) is 3.49. The average Bonchev–Trinajstić information content (AvgIpc) is 3.15. The number of amides is 3. The van der Waals surface area contributed by atoms with Crippen molar-refractivity contribution in [1.29, 1.82) is 0 Å². The lowest BCUT2D eigenvalue weighted by molar-refractivity contribution is -0.117. The Morgan fingerprint density at radius 3 is 2.85 bits per heavy atom. The van der Waals surface area contributed by atoms with Crippen molar-refractivity contribution in [2.75, 3.05) is 38.3 Å². The normalized spacial score (nSPS) is 28.5. The number of hydrogen-bond donors (Lipinski definition) is 2. The molecule has 0 bridgehead atoms. The maximum absolute atomic E-state index is 12.6. The summed E-state index contributed by atoms with van der Waals surface area (Å²) in [6.07, 6.45) is 0.281. The van der Waals surface area contributed by atoms with E-state index in [1.807, 2.05) is 38.1 Å². The predicted molar refractivity (Wildman–Crippen MR) is 98.2 cm³/mol. The second-order valence-corrected chi connectivity index (χ2v) is 7.65. The van der Waals surface area contributed by atoms with E-state index < -0.39 is 0 Å². The quantitative estimate of drug-likeness (QED) is 0.851. The van der Waals surface area contributed by atoms with E-state index in [2.05, 4.69) is 5.32 Å². The molecule has 0 aliphatic carbocycles. The molecule has 0 spiro atoms. The number of nitrogens with zero attached hydrogens (tertiary/aromatic N) is 2. The highest BCUT2D eigenvalue weighted by molar-refractivity contribution is 5.97. The lowest BCUT2D eigenvalue weighted by Gasteiger charge is -2.25. The van der Waals surface area contributed by atoms with E-state index in [0.717, 1.165) is 5.69 Å². The van der Waals surface area contributed by atoms with Gasteiger partial charge in [0.1, 0.15) is 5.75 Å². The molecule has 2 fully saturated rings. The molecule has 2 N–H and O–H groups in total. The zero-order chi connectivity index (χ0) is 18.9. The van der Waals surface area contributed by atoms with Crippen molar-refractivity contribution in [3.8, 4) is 5.75 Å². The monoisotopic (exact) mass is 361 g/mol. The van der Waals surface area contributed by atoms with E-state index in [9.17, 15) is 14.7 Å². The molecule has 142 valence electrons. The van der Waals surface area contributed by atoms with Gasteiger partial charge < -0.3 is 25.0 Å². The summed E-state index contributed by atoms with van der Waals surface area (Å²) in [5.74, 6) is 0.910. The summed E-state index contributed by atoms with van der Waals surface area (Å²) >= 11 is 0. The molecular weight excluding hydrogens is 334 g/mol. The zero-order valence-corrected chi connectivity index (χ0v) is 15.6. The van der Waals surface area contributed by atoms with Crippen LogP contribution in [0.1, 0.15) is 20.3 Å². The third-order valence-corrected chi connectivity index (χ3v) is 5.70. The van der Waals surface area contributed by atoms with Crippen molar-refractivity contribution in [1.82, 2.24) is 10.2 Å². The molecule has 3 unspecified atom stereocenters. The lowest BCUT2D eigenvalue weighted by Crippen LogP contribution is -2.45. The molecule has 3 atom stereocenters. The molecule has 2 heterocycles. The molecule has 2 saturated heterocycles. The zero-order valence-electron chi connectivity index (χ0n) is 15.6. The molecule has 3 rings (SSSR count). The first kappa shape index (κ1) is 18.5. The summed E-state index contributed by atoms with van der Waals surface area (Å²) in [6, 6.07) is 6.96. The minimum absolute atomic E-state index is 0.0152. The minimum Gasteiger partial charge on any atom is -0.497 e. The van der Waals surface area contributed by atoms with E-state index in [-0.39, 0.29) is 42.3 Å².